The SMILES string of the molecule is O=C(Nc1cc(F)c(F)c(F)c1)c1ccc(Cl)c(S(=O)(=O)[C@H]2C3CCC2C[C@H](Cn2cccn2)C3)c1. The van der Waals surface area contributed by atoms with Crippen molar-refractivity contribution in [2.45, 2.75) is 42.4 Å². The highest BCUT2D eigenvalue weighted by molar-refractivity contribution is 7.92. The van der Waals surface area contributed by atoms with Crippen LogP contribution in [0.1, 0.15) is 36.0 Å². The Labute approximate surface area is 211 Å². The van der Waals surface area contributed by atoms with E-state index in [2.05, 4.69) is 10.4 Å². The minimum absolute atomic E-state index is 0.00323. The number of anilines is 1. The maximum Gasteiger partial charge on any atom is 0.255 e. The predicted octanol–water partition coefficient (Wildman–Crippen LogP) is 5.48. The molecule has 2 unspecified atom stereocenters. The number of carbonyl (C=O) groups is 1. The van der Waals surface area contributed by atoms with Gasteiger partial charge in [0.1, 0.15) is 0 Å². The van der Waals surface area contributed by atoms with Crippen LogP contribution in [0.5, 0.6) is 0 Å². The molecule has 1 aromatic heterocycles. The van der Waals surface area contributed by atoms with Crippen molar-refractivity contribution in [3.05, 3.63) is 76.8 Å². The highest BCUT2D eigenvalue weighted by Crippen LogP contribution is 2.50. The third-order valence-corrected chi connectivity index (χ3v) is 10.1. The minimum Gasteiger partial charge on any atom is -0.322 e. The van der Waals surface area contributed by atoms with Gasteiger partial charge in [0, 0.05) is 42.3 Å². The van der Waals surface area contributed by atoms with Crippen LogP contribution < -0.4 is 5.32 Å². The molecule has 2 atom stereocenters. The van der Waals surface area contributed by atoms with Crippen LogP contribution in [0.2, 0.25) is 5.02 Å². The van der Waals surface area contributed by atoms with E-state index in [1.807, 2.05) is 16.9 Å². The van der Waals surface area contributed by atoms with Crippen molar-refractivity contribution >= 4 is 33.0 Å². The van der Waals surface area contributed by atoms with Crippen molar-refractivity contribution in [1.29, 1.82) is 0 Å². The fourth-order valence-electron chi connectivity index (χ4n) is 5.77. The molecule has 6 nitrogen and oxygen atoms in total. The highest BCUT2D eigenvalue weighted by atomic mass is 35.5. The second-order valence-electron chi connectivity index (χ2n) is 9.53. The van der Waals surface area contributed by atoms with E-state index in [1.54, 1.807) is 6.20 Å². The van der Waals surface area contributed by atoms with Crippen LogP contribution in [0.4, 0.5) is 18.9 Å². The van der Waals surface area contributed by atoms with Crippen LogP contribution in [0.25, 0.3) is 0 Å². The average molecular weight is 538 g/mol. The topological polar surface area (TPSA) is 81.1 Å². The van der Waals surface area contributed by atoms with Gasteiger partial charge < -0.3 is 5.32 Å². The molecule has 2 aromatic carbocycles. The first-order valence-electron chi connectivity index (χ1n) is 11.6. The van der Waals surface area contributed by atoms with Gasteiger partial charge in [0.25, 0.3) is 5.91 Å². The first kappa shape index (κ1) is 24.8. The summed E-state index contributed by atoms with van der Waals surface area (Å²) in [5.74, 6) is -5.08. The summed E-state index contributed by atoms with van der Waals surface area (Å²) in [6.45, 7) is 0.744. The summed E-state index contributed by atoms with van der Waals surface area (Å²) < 4.78 is 69.7. The molecule has 0 saturated heterocycles. The number of aromatic nitrogens is 2. The lowest BCUT2D eigenvalue weighted by Gasteiger charge is -2.35. The minimum atomic E-state index is -3.87. The van der Waals surface area contributed by atoms with Crippen molar-refractivity contribution < 1.29 is 26.4 Å². The van der Waals surface area contributed by atoms with Crippen molar-refractivity contribution in [3.8, 4) is 0 Å². The van der Waals surface area contributed by atoms with Crippen LogP contribution in [0.15, 0.2) is 53.7 Å². The molecule has 1 N–H and O–H groups in total. The van der Waals surface area contributed by atoms with Gasteiger partial charge in [0.15, 0.2) is 27.3 Å². The summed E-state index contributed by atoms with van der Waals surface area (Å²) >= 11 is 6.30. The van der Waals surface area contributed by atoms with Crippen LogP contribution in [-0.2, 0) is 16.4 Å². The monoisotopic (exact) mass is 537 g/mol. The molecule has 3 aromatic rings. The summed E-state index contributed by atoms with van der Waals surface area (Å²) in [6, 6.07) is 6.98. The van der Waals surface area contributed by atoms with Crippen molar-refractivity contribution in [2.75, 3.05) is 5.32 Å². The Morgan fingerprint density at radius 2 is 1.75 bits per heavy atom. The maximum absolute atomic E-state index is 13.8. The van der Waals surface area contributed by atoms with Crippen molar-refractivity contribution in [3.63, 3.8) is 0 Å². The molecule has 2 aliphatic carbocycles. The molecule has 2 bridgehead atoms. The van der Waals surface area contributed by atoms with Crippen LogP contribution in [0, 0.1) is 35.2 Å². The molecule has 0 aliphatic heterocycles. The number of carbonyl (C=O) groups excluding carboxylic acids is 1. The average Bonchev–Trinajstić information content (AvgIpc) is 3.43. The van der Waals surface area contributed by atoms with E-state index in [4.69, 9.17) is 11.6 Å². The third-order valence-electron chi connectivity index (χ3n) is 7.21. The lowest BCUT2D eigenvalue weighted by Crippen LogP contribution is -2.38. The quantitative estimate of drug-likeness (QED) is 0.422. The lowest BCUT2D eigenvalue weighted by atomic mass is 9.80. The number of nitrogens with one attached hydrogen (secondary N) is 1. The summed E-state index contributed by atoms with van der Waals surface area (Å²) in [5.41, 5.74) is -0.355. The molecule has 0 radical (unpaired) electrons. The Bertz CT molecular complexity index is 1380. The molecule has 11 heteroatoms. The Hall–Kier alpha value is -2.85. The van der Waals surface area contributed by atoms with Crippen LogP contribution in [-0.4, -0.2) is 29.4 Å². The molecular weight excluding hydrogens is 515 g/mol. The Kier molecular flexibility index (Phi) is 6.59. The molecule has 190 valence electrons. The maximum atomic E-state index is 13.8. The van der Waals surface area contributed by atoms with Gasteiger partial charge in [0.05, 0.1) is 15.2 Å². The Balaban J connectivity index is 1.37. The molecule has 2 fully saturated rings. The summed E-state index contributed by atoms with van der Waals surface area (Å²) in [4.78, 5) is 12.6. The van der Waals surface area contributed by atoms with E-state index >= 15 is 0 Å². The van der Waals surface area contributed by atoms with E-state index in [0.717, 1.165) is 32.2 Å². The van der Waals surface area contributed by atoms with E-state index in [-0.39, 0.29) is 33.0 Å². The molecule has 36 heavy (non-hydrogen) atoms. The van der Waals surface area contributed by atoms with Crippen molar-refractivity contribution in [1.82, 2.24) is 9.78 Å². The van der Waals surface area contributed by atoms with E-state index in [9.17, 15) is 26.4 Å². The van der Waals surface area contributed by atoms with Gasteiger partial charge in [-0.1, -0.05) is 11.6 Å². The molecule has 2 aliphatic rings. The smallest absolute Gasteiger partial charge is 0.255 e. The van der Waals surface area contributed by atoms with Gasteiger partial charge in [-0.05, 0) is 67.7 Å². The molecule has 1 amide bonds. The Morgan fingerprint density at radius 3 is 2.36 bits per heavy atom. The second-order valence-corrected chi connectivity index (χ2v) is 12.0. The number of halogens is 4. The number of rotatable bonds is 6. The number of nitrogens with zero attached hydrogens (tertiary/aromatic N) is 2. The number of hydrogen-bond acceptors (Lipinski definition) is 4. The van der Waals surface area contributed by atoms with E-state index in [0.29, 0.717) is 18.1 Å². The highest BCUT2D eigenvalue weighted by Gasteiger charge is 2.50. The summed E-state index contributed by atoms with van der Waals surface area (Å²) in [5, 5.41) is 5.94. The largest absolute Gasteiger partial charge is 0.322 e. The molecule has 1 heterocycles. The first-order chi connectivity index (χ1) is 17.1. The molecule has 5 rings (SSSR count). The zero-order valence-corrected chi connectivity index (χ0v) is 20.6. The molecule has 2 saturated carbocycles. The fourth-order valence-corrected chi connectivity index (χ4v) is 8.64. The van der Waals surface area contributed by atoms with Crippen molar-refractivity contribution in [2.24, 2.45) is 17.8 Å². The zero-order chi connectivity index (χ0) is 25.6. The van der Waals surface area contributed by atoms with Gasteiger partial charge in [-0.15, -0.1) is 0 Å². The first-order valence-corrected chi connectivity index (χ1v) is 13.5. The number of sulfone groups is 1. The molecular formula is C25H23ClF3N3O3S. The van der Waals surface area contributed by atoms with E-state index in [1.165, 1.54) is 18.2 Å². The van der Waals surface area contributed by atoms with Gasteiger partial charge in [-0.3, -0.25) is 9.48 Å². The van der Waals surface area contributed by atoms with Gasteiger partial charge in [0.2, 0.25) is 0 Å². The molecule has 0 spiro atoms. The normalized spacial score (nSPS) is 23.6. The van der Waals surface area contributed by atoms with Gasteiger partial charge in [-0.25, -0.2) is 21.6 Å². The predicted molar refractivity (Wildman–Crippen MR) is 128 cm³/mol. The summed E-state index contributed by atoms with van der Waals surface area (Å²) in [6.07, 6.45) is 6.77. The standard InChI is InChI=1S/C25H23ClF3N3O3S/c26-19-5-4-17(25(33)31-18-11-20(27)23(29)21(28)12-18)10-22(19)36(34,35)24-15-2-3-16(24)9-14(8-15)13-32-7-1-6-30-32/h1,4-7,10-12,14-16,24H,2-3,8-9,13H2,(H,31,33)/t14-,15?,16?,24+. The zero-order valence-electron chi connectivity index (χ0n) is 19.0. The fraction of sp³-hybridized carbons (Fsp3) is 0.360. The van der Waals surface area contributed by atoms with E-state index < -0.39 is 38.4 Å². The lowest BCUT2D eigenvalue weighted by molar-refractivity contribution is 0.102. The van der Waals surface area contributed by atoms with Crippen LogP contribution in [0.3, 0.4) is 0 Å². The van der Waals surface area contributed by atoms with Crippen LogP contribution >= 0.6 is 11.6 Å². The second kappa shape index (κ2) is 9.55. The number of fused-ring (bicyclic) bond motifs is 2. The summed E-state index contributed by atoms with van der Waals surface area (Å²) in [7, 11) is -3.87. The van der Waals surface area contributed by atoms with Gasteiger partial charge in [-0.2, -0.15) is 5.10 Å². The third kappa shape index (κ3) is 4.64. The van der Waals surface area contributed by atoms with Gasteiger partial charge >= 0.3 is 0 Å². The number of hydrogen-bond donors (Lipinski definition) is 1. The number of benzene rings is 2. The Morgan fingerprint density at radius 1 is 1.08 bits per heavy atom. The number of amides is 1.